The Hall–Kier alpha value is -1.38. The lowest BCUT2D eigenvalue weighted by Crippen LogP contribution is -2.00. The first-order valence-electron chi connectivity index (χ1n) is 4.40. The van der Waals surface area contributed by atoms with Gasteiger partial charge in [0, 0.05) is 11.9 Å². The SMILES string of the molecule is C.CC1CCc2cc(C(=O)O)cnc21. The van der Waals surface area contributed by atoms with Gasteiger partial charge in [0.25, 0.3) is 0 Å². The van der Waals surface area contributed by atoms with E-state index in [1.165, 1.54) is 6.20 Å². The Kier molecular flexibility index (Phi) is 2.89. The van der Waals surface area contributed by atoms with E-state index in [2.05, 4.69) is 11.9 Å². The standard InChI is InChI=1S/C10H11NO2.CH4/c1-6-2-3-7-4-8(10(12)13)5-11-9(6)7;/h4-6H,2-3H2,1H3,(H,12,13);1H4. The van der Waals surface area contributed by atoms with Crippen molar-refractivity contribution < 1.29 is 9.90 Å². The van der Waals surface area contributed by atoms with Crippen molar-refractivity contribution in [3.8, 4) is 0 Å². The quantitative estimate of drug-likeness (QED) is 0.745. The Labute approximate surface area is 83.8 Å². The summed E-state index contributed by atoms with van der Waals surface area (Å²) in [4.78, 5) is 14.8. The van der Waals surface area contributed by atoms with Gasteiger partial charge in [-0.05, 0) is 30.4 Å². The van der Waals surface area contributed by atoms with Crippen LogP contribution >= 0.6 is 0 Å². The van der Waals surface area contributed by atoms with E-state index in [1.54, 1.807) is 6.07 Å². The van der Waals surface area contributed by atoms with Crippen LogP contribution in [0.4, 0.5) is 0 Å². The molecule has 0 spiro atoms. The molecule has 2 rings (SSSR count). The van der Waals surface area contributed by atoms with Gasteiger partial charge in [0.15, 0.2) is 0 Å². The van der Waals surface area contributed by atoms with Gasteiger partial charge in [0.05, 0.1) is 5.56 Å². The van der Waals surface area contributed by atoms with Crippen LogP contribution in [0.3, 0.4) is 0 Å². The van der Waals surface area contributed by atoms with E-state index in [1.807, 2.05) is 0 Å². The molecule has 1 N–H and O–H groups in total. The number of pyridine rings is 1. The molecule has 0 saturated heterocycles. The molecule has 0 aliphatic heterocycles. The van der Waals surface area contributed by atoms with Gasteiger partial charge in [-0.3, -0.25) is 4.98 Å². The molecule has 1 atom stereocenters. The van der Waals surface area contributed by atoms with Crippen LogP contribution < -0.4 is 0 Å². The topological polar surface area (TPSA) is 50.2 Å². The van der Waals surface area contributed by atoms with Crippen LogP contribution in [0.15, 0.2) is 12.3 Å². The van der Waals surface area contributed by atoms with Crippen molar-refractivity contribution in [2.45, 2.75) is 33.1 Å². The highest BCUT2D eigenvalue weighted by molar-refractivity contribution is 5.87. The van der Waals surface area contributed by atoms with E-state index < -0.39 is 5.97 Å². The second kappa shape index (κ2) is 3.78. The molecule has 14 heavy (non-hydrogen) atoms. The third-order valence-electron chi connectivity index (χ3n) is 2.56. The summed E-state index contributed by atoms with van der Waals surface area (Å²) < 4.78 is 0. The maximum atomic E-state index is 10.6. The average Bonchev–Trinajstić information content (AvgIpc) is 2.47. The molecule has 1 heterocycles. The summed E-state index contributed by atoms with van der Waals surface area (Å²) in [5, 5.41) is 8.74. The van der Waals surface area contributed by atoms with Crippen LogP contribution in [-0.4, -0.2) is 16.1 Å². The average molecular weight is 193 g/mol. The molecule has 3 nitrogen and oxygen atoms in total. The number of rotatable bonds is 1. The van der Waals surface area contributed by atoms with Gasteiger partial charge in [-0.25, -0.2) is 4.79 Å². The number of aryl methyl sites for hydroxylation is 1. The van der Waals surface area contributed by atoms with Crippen molar-refractivity contribution in [3.05, 3.63) is 29.1 Å². The van der Waals surface area contributed by atoms with Gasteiger partial charge in [0.2, 0.25) is 0 Å². The zero-order valence-electron chi connectivity index (χ0n) is 7.45. The van der Waals surface area contributed by atoms with E-state index in [4.69, 9.17) is 5.11 Å². The molecule has 1 aliphatic carbocycles. The van der Waals surface area contributed by atoms with Crippen LogP contribution in [0.5, 0.6) is 0 Å². The largest absolute Gasteiger partial charge is 0.478 e. The highest BCUT2D eigenvalue weighted by Gasteiger charge is 2.20. The summed E-state index contributed by atoms with van der Waals surface area (Å²) in [5.41, 5.74) is 2.48. The van der Waals surface area contributed by atoms with E-state index in [0.29, 0.717) is 11.5 Å². The number of fused-ring (bicyclic) bond motifs is 1. The molecule has 1 aliphatic rings. The third-order valence-corrected chi connectivity index (χ3v) is 2.56. The summed E-state index contributed by atoms with van der Waals surface area (Å²) in [6, 6.07) is 1.74. The van der Waals surface area contributed by atoms with Gasteiger partial charge in [-0.15, -0.1) is 0 Å². The maximum absolute atomic E-state index is 10.6. The minimum atomic E-state index is -0.894. The molecule has 1 aromatic rings. The molecule has 0 aromatic carbocycles. The summed E-state index contributed by atoms with van der Waals surface area (Å²) >= 11 is 0. The zero-order valence-corrected chi connectivity index (χ0v) is 7.45. The Balaban J connectivity index is 0.000000980. The van der Waals surface area contributed by atoms with Crippen molar-refractivity contribution in [1.82, 2.24) is 4.98 Å². The first-order chi connectivity index (χ1) is 6.18. The second-order valence-corrected chi connectivity index (χ2v) is 3.51. The van der Waals surface area contributed by atoms with Gasteiger partial charge in [-0.2, -0.15) is 0 Å². The molecular formula is C11H15NO2. The molecule has 0 radical (unpaired) electrons. The number of hydrogen-bond donors (Lipinski definition) is 1. The number of aromatic carboxylic acids is 1. The molecule has 0 saturated carbocycles. The molecule has 76 valence electrons. The molecule has 0 fully saturated rings. The number of hydrogen-bond acceptors (Lipinski definition) is 2. The monoisotopic (exact) mass is 193 g/mol. The predicted molar refractivity (Wildman–Crippen MR) is 54.7 cm³/mol. The van der Waals surface area contributed by atoms with Crippen molar-refractivity contribution in [3.63, 3.8) is 0 Å². The highest BCUT2D eigenvalue weighted by atomic mass is 16.4. The lowest BCUT2D eigenvalue weighted by Gasteiger charge is -2.02. The second-order valence-electron chi connectivity index (χ2n) is 3.51. The first-order valence-corrected chi connectivity index (χ1v) is 4.40. The molecule has 0 amide bonds. The van der Waals surface area contributed by atoms with Gasteiger partial charge in [-0.1, -0.05) is 14.4 Å². The van der Waals surface area contributed by atoms with Crippen LogP contribution in [0.2, 0.25) is 0 Å². The first kappa shape index (κ1) is 10.7. The van der Waals surface area contributed by atoms with E-state index in [9.17, 15) is 4.79 Å². The van der Waals surface area contributed by atoms with Crippen LogP contribution in [-0.2, 0) is 6.42 Å². The summed E-state index contributed by atoms with van der Waals surface area (Å²) in [7, 11) is 0. The van der Waals surface area contributed by atoms with E-state index in [-0.39, 0.29) is 7.43 Å². The van der Waals surface area contributed by atoms with E-state index in [0.717, 1.165) is 24.1 Å². The maximum Gasteiger partial charge on any atom is 0.337 e. The lowest BCUT2D eigenvalue weighted by molar-refractivity contribution is 0.0696. The zero-order chi connectivity index (χ0) is 9.42. The molecule has 1 aromatic heterocycles. The predicted octanol–water partition coefficient (Wildman–Crippen LogP) is 2.47. The van der Waals surface area contributed by atoms with Crippen molar-refractivity contribution in [2.75, 3.05) is 0 Å². The minimum absolute atomic E-state index is 0. The Bertz CT molecular complexity index is 360. The number of carbonyl (C=O) groups is 1. The van der Waals surface area contributed by atoms with Crippen LogP contribution in [0.25, 0.3) is 0 Å². The van der Waals surface area contributed by atoms with Crippen LogP contribution in [0, 0.1) is 0 Å². The van der Waals surface area contributed by atoms with Gasteiger partial charge < -0.3 is 5.11 Å². The normalized spacial score (nSPS) is 18.5. The minimum Gasteiger partial charge on any atom is -0.478 e. The summed E-state index contributed by atoms with van der Waals surface area (Å²) in [6.07, 6.45) is 3.50. The summed E-state index contributed by atoms with van der Waals surface area (Å²) in [5.74, 6) is -0.410. The summed E-state index contributed by atoms with van der Waals surface area (Å²) in [6.45, 7) is 2.12. The smallest absolute Gasteiger partial charge is 0.337 e. The molecule has 1 unspecified atom stereocenters. The van der Waals surface area contributed by atoms with Gasteiger partial charge in [0.1, 0.15) is 0 Å². The van der Waals surface area contributed by atoms with Crippen molar-refractivity contribution in [1.29, 1.82) is 0 Å². The van der Waals surface area contributed by atoms with E-state index >= 15 is 0 Å². The van der Waals surface area contributed by atoms with Gasteiger partial charge >= 0.3 is 5.97 Å². The van der Waals surface area contributed by atoms with Crippen molar-refractivity contribution >= 4 is 5.97 Å². The number of carboxylic acid groups (broad SMARTS) is 1. The number of carboxylic acids is 1. The van der Waals surface area contributed by atoms with Crippen LogP contribution in [0.1, 0.15) is 48.3 Å². The fourth-order valence-electron chi connectivity index (χ4n) is 1.79. The third kappa shape index (κ3) is 1.62. The molecular weight excluding hydrogens is 178 g/mol. The fourth-order valence-corrected chi connectivity index (χ4v) is 1.79. The van der Waals surface area contributed by atoms with Crippen molar-refractivity contribution in [2.24, 2.45) is 0 Å². The molecule has 3 heteroatoms. The number of aromatic nitrogens is 1. The Morgan fingerprint density at radius 1 is 1.64 bits per heavy atom. The Morgan fingerprint density at radius 3 is 3.00 bits per heavy atom. The Morgan fingerprint density at radius 2 is 2.36 bits per heavy atom. The molecule has 0 bridgehead atoms. The number of nitrogens with zero attached hydrogens (tertiary/aromatic N) is 1. The lowest BCUT2D eigenvalue weighted by atomic mass is 10.1. The highest BCUT2D eigenvalue weighted by Crippen LogP contribution is 2.30. The fraction of sp³-hybridized carbons (Fsp3) is 0.455.